The second-order valence-corrected chi connectivity index (χ2v) is 5.83. The Labute approximate surface area is 143 Å². The standard InChI is InChI=1S/C17H15ClN4O2/c1-10-7-11(2)20-17(19-10)21-16(23)9-14-8-15(24-22-14)12-3-5-13(18)6-4-12/h3-8H,9H2,1-2H3,(H,19,20,21,23). The molecule has 3 rings (SSSR count). The Hall–Kier alpha value is -2.73. The van der Waals surface area contributed by atoms with Gasteiger partial charge in [0.2, 0.25) is 11.9 Å². The molecule has 1 amide bonds. The molecule has 1 N–H and O–H groups in total. The molecule has 0 radical (unpaired) electrons. The number of rotatable bonds is 4. The third-order valence-electron chi connectivity index (χ3n) is 3.26. The first-order chi connectivity index (χ1) is 11.5. The zero-order valence-electron chi connectivity index (χ0n) is 13.2. The summed E-state index contributed by atoms with van der Waals surface area (Å²) in [5.74, 6) is 0.618. The Kier molecular flexibility index (Phi) is 4.57. The van der Waals surface area contributed by atoms with Crippen LogP contribution in [0.15, 0.2) is 40.9 Å². The quantitative estimate of drug-likeness (QED) is 0.783. The number of aromatic nitrogens is 3. The van der Waals surface area contributed by atoms with Crippen LogP contribution in [-0.4, -0.2) is 21.0 Å². The van der Waals surface area contributed by atoms with Crippen LogP contribution in [-0.2, 0) is 11.2 Å². The first-order valence-corrected chi connectivity index (χ1v) is 7.71. The molecule has 0 aliphatic rings. The maximum absolute atomic E-state index is 12.1. The normalized spacial score (nSPS) is 10.6. The van der Waals surface area contributed by atoms with Crippen molar-refractivity contribution in [1.82, 2.24) is 15.1 Å². The van der Waals surface area contributed by atoms with E-state index < -0.39 is 0 Å². The van der Waals surface area contributed by atoms with Gasteiger partial charge in [0.15, 0.2) is 5.76 Å². The van der Waals surface area contributed by atoms with Crippen molar-refractivity contribution in [2.45, 2.75) is 20.3 Å². The summed E-state index contributed by atoms with van der Waals surface area (Å²) < 4.78 is 5.28. The first-order valence-electron chi connectivity index (χ1n) is 7.33. The number of carbonyl (C=O) groups excluding carboxylic acids is 1. The molecular weight excluding hydrogens is 328 g/mol. The largest absolute Gasteiger partial charge is 0.356 e. The summed E-state index contributed by atoms with van der Waals surface area (Å²) in [4.78, 5) is 20.5. The average molecular weight is 343 g/mol. The summed E-state index contributed by atoms with van der Waals surface area (Å²) in [6.07, 6.45) is 0.0768. The maximum Gasteiger partial charge on any atom is 0.232 e. The number of nitrogens with one attached hydrogen (secondary N) is 1. The lowest BCUT2D eigenvalue weighted by Crippen LogP contribution is -2.17. The van der Waals surface area contributed by atoms with E-state index >= 15 is 0 Å². The molecule has 1 aromatic carbocycles. The van der Waals surface area contributed by atoms with Gasteiger partial charge >= 0.3 is 0 Å². The Balaban J connectivity index is 1.68. The highest BCUT2D eigenvalue weighted by Crippen LogP contribution is 2.22. The lowest BCUT2D eigenvalue weighted by Gasteiger charge is -2.04. The van der Waals surface area contributed by atoms with Gasteiger partial charge in [0, 0.05) is 28.0 Å². The first kappa shape index (κ1) is 16.1. The Morgan fingerprint density at radius 1 is 1.12 bits per heavy atom. The molecule has 122 valence electrons. The fourth-order valence-corrected chi connectivity index (χ4v) is 2.39. The summed E-state index contributed by atoms with van der Waals surface area (Å²) in [6.45, 7) is 3.70. The van der Waals surface area contributed by atoms with Crippen molar-refractivity contribution >= 4 is 23.5 Å². The minimum atomic E-state index is -0.254. The van der Waals surface area contributed by atoms with Crippen molar-refractivity contribution in [3.63, 3.8) is 0 Å². The summed E-state index contributed by atoms with van der Waals surface area (Å²) in [5.41, 5.74) is 2.96. The van der Waals surface area contributed by atoms with Crippen LogP contribution >= 0.6 is 11.6 Å². The van der Waals surface area contributed by atoms with Crippen LogP contribution < -0.4 is 5.32 Å². The molecule has 3 aromatic rings. The molecule has 6 nitrogen and oxygen atoms in total. The van der Waals surface area contributed by atoms with Gasteiger partial charge in [-0.25, -0.2) is 9.97 Å². The van der Waals surface area contributed by atoms with Crippen LogP contribution in [0.3, 0.4) is 0 Å². The summed E-state index contributed by atoms with van der Waals surface area (Å²) >= 11 is 5.86. The molecular formula is C17H15ClN4O2. The number of halogens is 1. The zero-order chi connectivity index (χ0) is 17.1. The molecule has 0 fully saturated rings. The SMILES string of the molecule is Cc1cc(C)nc(NC(=O)Cc2cc(-c3ccc(Cl)cc3)on2)n1. The van der Waals surface area contributed by atoms with E-state index in [0.717, 1.165) is 17.0 Å². The third-order valence-corrected chi connectivity index (χ3v) is 3.51. The smallest absolute Gasteiger partial charge is 0.232 e. The second kappa shape index (κ2) is 6.80. The maximum atomic E-state index is 12.1. The van der Waals surface area contributed by atoms with Crippen molar-refractivity contribution in [2.75, 3.05) is 5.32 Å². The molecule has 0 spiro atoms. The predicted octanol–water partition coefficient (Wildman–Crippen LogP) is 3.58. The van der Waals surface area contributed by atoms with Gasteiger partial charge in [-0.2, -0.15) is 0 Å². The topological polar surface area (TPSA) is 80.9 Å². The number of anilines is 1. The molecule has 0 bridgehead atoms. The molecule has 2 heterocycles. The monoisotopic (exact) mass is 342 g/mol. The van der Waals surface area contributed by atoms with Gasteiger partial charge < -0.3 is 4.52 Å². The minimum absolute atomic E-state index is 0.0768. The van der Waals surface area contributed by atoms with Gasteiger partial charge in [-0.1, -0.05) is 16.8 Å². The van der Waals surface area contributed by atoms with Crippen LogP contribution in [0.2, 0.25) is 5.02 Å². The highest BCUT2D eigenvalue weighted by atomic mass is 35.5. The van der Waals surface area contributed by atoms with E-state index in [9.17, 15) is 4.79 Å². The fourth-order valence-electron chi connectivity index (χ4n) is 2.26. The molecule has 2 aromatic heterocycles. The van der Waals surface area contributed by atoms with E-state index in [0.29, 0.717) is 22.4 Å². The van der Waals surface area contributed by atoms with Gasteiger partial charge in [0.25, 0.3) is 0 Å². The van der Waals surface area contributed by atoms with Gasteiger partial charge in [0.05, 0.1) is 12.1 Å². The van der Waals surface area contributed by atoms with Crippen LogP contribution in [0, 0.1) is 13.8 Å². The van der Waals surface area contributed by atoms with E-state index in [-0.39, 0.29) is 12.3 Å². The van der Waals surface area contributed by atoms with Crippen molar-refractivity contribution in [3.05, 3.63) is 58.5 Å². The Morgan fingerprint density at radius 3 is 2.46 bits per heavy atom. The summed E-state index contributed by atoms with van der Waals surface area (Å²) in [5, 5.41) is 7.24. The number of carbonyl (C=O) groups is 1. The van der Waals surface area contributed by atoms with Gasteiger partial charge in [-0.15, -0.1) is 0 Å². The molecule has 0 saturated heterocycles. The van der Waals surface area contributed by atoms with E-state index in [4.69, 9.17) is 16.1 Å². The van der Waals surface area contributed by atoms with Crippen LogP contribution in [0.5, 0.6) is 0 Å². The number of amides is 1. The number of benzene rings is 1. The van der Waals surface area contributed by atoms with Gasteiger partial charge in [-0.05, 0) is 44.2 Å². The van der Waals surface area contributed by atoms with E-state index in [1.54, 1.807) is 18.2 Å². The van der Waals surface area contributed by atoms with E-state index in [1.807, 2.05) is 32.0 Å². The van der Waals surface area contributed by atoms with E-state index in [1.165, 1.54) is 0 Å². The summed E-state index contributed by atoms with van der Waals surface area (Å²) in [7, 11) is 0. The minimum Gasteiger partial charge on any atom is -0.356 e. The fraction of sp³-hybridized carbons (Fsp3) is 0.176. The third kappa shape index (κ3) is 3.97. The Bertz CT molecular complexity index is 854. The number of hydrogen-bond donors (Lipinski definition) is 1. The zero-order valence-corrected chi connectivity index (χ0v) is 14.0. The van der Waals surface area contributed by atoms with Crippen molar-refractivity contribution in [2.24, 2.45) is 0 Å². The molecule has 7 heteroatoms. The Morgan fingerprint density at radius 2 is 1.79 bits per heavy atom. The van der Waals surface area contributed by atoms with Crippen molar-refractivity contribution in [3.8, 4) is 11.3 Å². The molecule has 0 aliphatic carbocycles. The van der Waals surface area contributed by atoms with Crippen molar-refractivity contribution in [1.29, 1.82) is 0 Å². The molecule has 24 heavy (non-hydrogen) atoms. The van der Waals surface area contributed by atoms with Crippen molar-refractivity contribution < 1.29 is 9.32 Å². The molecule has 0 saturated carbocycles. The highest BCUT2D eigenvalue weighted by molar-refractivity contribution is 6.30. The number of aryl methyl sites for hydroxylation is 2. The lowest BCUT2D eigenvalue weighted by molar-refractivity contribution is -0.115. The van der Waals surface area contributed by atoms with Crippen LogP contribution in [0.25, 0.3) is 11.3 Å². The van der Waals surface area contributed by atoms with E-state index in [2.05, 4.69) is 20.4 Å². The van der Waals surface area contributed by atoms with Gasteiger partial charge in [-0.3, -0.25) is 10.1 Å². The summed E-state index contributed by atoms with van der Waals surface area (Å²) in [6, 6.07) is 10.8. The van der Waals surface area contributed by atoms with Gasteiger partial charge in [0.1, 0.15) is 0 Å². The van der Waals surface area contributed by atoms with Crippen LogP contribution in [0.1, 0.15) is 17.1 Å². The number of nitrogens with zero attached hydrogens (tertiary/aromatic N) is 3. The highest BCUT2D eigenvalue weighted by Gasteiger charge is 2.12. The molecule has 0 atom stereocenters. The average Bonchev–Trinajstić information content (AvgIpc) is 2.95. The van der Waals surface area contributed by atoms with Crippen LogP contribution in [0.4, 0.5) is 5.95 Å². The molecule has 0 unspecified atom stereocenters. The lowest BCUT2D eigenvalue weighted by atomic mass is 10.1. The number of hydrogen-bond acceptors (Lipinski definition) is 5. The second-order valence-electron chi connectivity index (χ2n) is 5.39. The molecule has 0 aliphatic heterocycles. The predicted molar refractivity (Wildman–Crippen MR) is 90.8 cm³/mol.